The monoisotopic (exact) mass is 268 g/mol. The average molecular weight is 268 g/mol. The van der Waals surface area contributed by atoms with Gasteiger partial charge in [-0.15, -0.1) is 0 Å². The van der Waals surface area contributed by atoms with Crippen LogP contribution in [-0.2, 0) is 6.54 Å². The third-order valence-corrected chi connectivity index (χ3v) is 2.35. The lowest BCUT2D eigenvalue weighted by molar-refractivity contribution is -0.0521. The summed E-state index contributed by atoms with van der Waals surface area (Å²) in [5.41, 5.74) is 1.25. The van der Waals surface area contributed by atoms with Gasteiger partial charge in [-0.25, -0.2) is 4.39 Å². The largest absolute Gasteiger partial charge is 0.432 e. The van der Waals surface area contributed by atoms with Gasteiger partial charge in [-0.1, -0.05) is 6.07 Å². The zero-order chi connectivity index (χ0) is 13.7. The molecule has 0 atom stereocenters. The third-order valence-electron chi connectivity index (χ3n) is 2.35. The molecular weight excluding hydrogens is 257 g/mol. The smallest absolute Gasteiger partial charge is 0.387 e. The molecule has 0 aliphatic carbocycles. The average Bonchev–Trinajstić information content (AvgIpc) is 2.40. The van der Waals surface area contributed by atoms with Crippen molar-refractivity contribution in [2.75, 3.05) is 5.32 Å². The first-order chi connectivity index (χ1) is 9.15. The Balaban J connectivity index is 2.00. The lowest BCUT2D eigenvalue weighted by Gasteiger charge is -2.09. The van der Waals surface area contributed by atoms with Crippen LogP contribution >= 0.6 is 0 Å². The van der Waals surface area contributed by atoms with Gasteiger partial charge in [0.1, 0.15) is 0 Å². The highest BCUT2D eigenvalue weighted by atomic mass is 19.3. The molecule has 6 heteroatoms. The molecule has 3 nitrogen and oxygen atoms in total. The van der Waals surface area contributed by atoms with Gasteiger partial charge in [0.15, 0.2) is 11.6 Å². The number of benzene rings is 1. The Kier molecular flexibility index (Phi) is 4.22. The first-order valence-electron chi connectivity index (χ1n) is 5.53. The van der Waals surface area contributed by atoms with E-state index in [1.54, 1.807) is 12.3 Å². The molecule has 19 heavy (non-hydrogen) atoms. The Bertz CT molecular complexity index is 535. The van der Waals surface area contributed by atoms with Crippen molar-refractivity contribution in [1.29, 1.82) is 0 Å². The second-order valence-electron chi connectivity index (χ2n) is 3.70. The highest BCUT2D eigenvalue weighted by Crippen LogP contribution is 2.23. The van der Waals surface area contributed by atoms with Gasteiger partial charge < -0.3 is 10.1 Å². The number of rotatable bonds is 5. The first kappa shape index (κ1) is 13.2. The molecule has 1 N–H and O–H groups in total. The summed E-state index contributed by atoms with van der Waals surface area (Å²) in [6, 6.07) is 9.16. The second-order valence-corrected chi connectivity index (χ2v) is 3.70. The van der Waals surface area contributed by atoms with E-state index in [9.17, 15) is 13.2 Å². The molecule has 0 unspecified atom stereocenters. The second kappa shape index (κ2) is 6.08. The maximum Gasteiger partial charge on any atom is 0.387 e. The van der Waals surface area contributed by atoms with Gasteiger partial charge in [0.25, 0.3) is 0 Å². The van der Waals surface area contributed by atoms with Crippen molar-refractivity contribution in [2.45, 2.75) is 13.2 Å². The lowest BCUT2D eigenvalue weighted by atomic mass is 10.2. The first-order valence-corrected chi connectivity index (χ1v) is 5.53. The summed E-state index contributed by atoms with van der Waals surface area (Å²) in [6.07, 6.45) is 1.65. The maximum absolute atomic E-state index is 13.4. The summed E-state index contributed by atoms with van der Waals surface area (Å²) in [6.45, 7) is -2.63. The van der Waals surface area contributed by atoms with E-state index < -0.39 is 18.2 Å². The Labute approximate surface area is 108 Å². The molecule has 1 heterocycles. The SMILES string of the molecule is Fc1cc(NCc2ccccn2)ccc1OC(F)F. The summed E-state index contributed by atoms with van der Waals surface area (Å²) in [5.74, 6) is -1.32. The zero-order valence-corrected chi connectivity index (χ0v) is 9.82. The fourth-order valence-electron chi connectivity index (χ4n) is 1.50. The standard InChI is InChI=1S/C13H11F3N2O/c14-11-7-9(4-5-12(11)19-13(15)16)18-8-10-3-1-2-6-17-10/h1-7,13,18H,8H2. The molecular formula is C13H11F3N2O. The van der Waals surface area contributed by atoms with Crippen LogP contribution in [0.1, 0.15) is 5.69 Å². The number of halogens is 3. The predicted octanol–water partition coefficient (Wildman–Crippen LogP) is 3.43. The van der Waals surface area contributed by atoms with Gasteiger partial charge in [0.05, 0.1) is 12.2 Å². The van der Waals surface area contributed by atoms with Crippen molar-refractivity contribution in [3.05, 3.63) is 54.1 Å². The van der Waals surface area contributed by atoms with Crippen LogP contribution in [0.2, 0.25) is 0 Å². The molecule has 0 saturated heterocycles. The minimum atomic E-state index is -3.04. The van der Waals surface area contributed by atoms with Crippen molar-refractivity contribution >= 4 is 5.69 Å². The molecule has 0 radical (unpaired) electrons. The number of hydrogen-bond acceptors (Lipinski definition) is 3. The lowest BCUT2D eigenvalue weighted by Crippen LogP contribution is -2.05. The van der Waals surface area contributed by atoms with E-state index in [1.807, 2.05) is 12.1 Å². The van der Waals surface area contributed by atoms with Crippen molar-refractivity contribution < 1.29 is 17.9 Å². The van der Waals surface area contributed by atoms with Gasteiger partial charge in [-0.05, 0) is 24.3 Å². The summed E-state index contributed by atoms with van der Waals surface area (Å²) in [5, 5.41) is 2.94. The van der Waals surface area contributed by atoms with Crippen LogP contribution in [0, 0.1) is 5.82 Å². The van der Waals surface area contributed by atoms with Gasteiger partial charge in [-0.3, -0.25) is 4.98 Å². The van der Waals surface area contributed by atoms with Crippen LogP contribution in [0.5, 0.6) is 5.75 Å². The van der Waals surface area contributed by atoms with E-state index >= 15 is 0 Å². The Morgan fingerprint density at radius 1 is 1.21 bits per heavy atom. The molecule has 100 valence electrons. The van der Waals surface area contributed by atoms with E-state index in [0.29, 0.717) is 12.2 Å². The van der Waals surface area contributed by atoms with Crippen LogP contribution in [-0.4, -0.2) is 11.6 Å². The van der Waals surface area contributed by atoms with E-state index in [1.165, 1.54) is 6.07 Å². The molecule has 1 aromatic carbocycles. The highest BCUT2D eigenvalue weighted by Gasteiger charge is 2.10. The van der Waals surface area contributed by atoms with Gasteiger partial charge in [0.2, 0.25) is 0 Å². The van der Waals surface area contributed by atoms with Crippen LogP contribution < -0.4 is 10.1 Å². The molecule has 0 aliphatic heterocycles. The molecule has 0 aliphatic rings. The molecule has 1 aromatic heterocycles. The summed E-state index contributed by atoms with van der Waals surface area (Å²) in [4.78, 5) is 4.09. The Hall–Kier alpha value is -2.24. The van der Waals surface area contributed by atoms with Crippen LogP contribution in [0.25, 0.3) is 0 Å². The summed E-state index contributed by atoms with van der Waals surface area (Å²) in [7, 11) is 0. The van der Waals surface area contributed by atoms with Crippen LogP contribution in [0.15, 0.2) is 42.6 Å². The molecule has 2 aromatic rings. The molecule has 0 spiro atoms. The molecule has 0 saturated carbocycles. The highest BCUT2D eigenvalue weighted by molar-refractivity contribution is 5.47. The molecule has 0 fully saturated rings. The van der Waals surface area contributed by atoms with E-state index in [2.05, 4.69) is 15.0 Å². The number of nitrogens with one attached hydrogen (secondary N) is 1. The predicted molar refractivity (Wildman–Crippen MR) is 64.6 cm³/mol. The van der Waals surface area contributed by atoms with E-state index in [-0.39, 0.29) is 0 Å². The Morgan fingerprint density at radius 3 is 2.68 bits per heavy atom. The molecule has 0 amide bonds. The zero-order valence-electron chi connectivity index (χ0n) is 9.82. The van der Waals surface area contributed by atoms with Crippen LogP contribution in [0.3, 0.4) is 0 Å². The number of alkyl halides is 2. The van der Waals surface area contributed by atoms with Crippen molar-refractivity contribution in [3.8, 4) is 5.75 Å². The van der Waals surface area contributed by atoms with Crippen molar-refractivity contribution in [1.82, 2.24) is 4.98 Å². The normalized spacial score (nSPS) is 10.5. The van der Waals surface area contributed by atoms with Crippen LogP contribution in [0.4, 0.5) is 18.9 Å². The van der Waals surface area contributed by atoms with E-state index in [4.69, 9.17) is 0 Å². The molecule has 2 rings (SSSR count). The fraction of sp³-hybridized carbons (Fsp3) is 0.154. The van der Waals surface area contributed by atoms with Crippen molar-refractivity contribution in [2.24, 2.45) is 0 Å². The van der Waals surface area contributed by atoms with Gasteiger partial charge >= 0.3 is 6.61 Å². The minimum absolute atomic E-state index is 0.412. The maximum atomic E-state index is 13.4. The Morgan fingerprint density at radius 2 is 2.05 bits per heavy atom. The topological polar surface area (TPSA) is 34.2 Å². The number of hydrogen-bond donors (Lipinski definition) is 1. The van der Waals surface area contributed by atoms with E-state index in [0.717, 1.165) is 17.8 Å². The minimum Gasteiger partial charge on any atom is -0.432 e. The number of anilines is 1. The number of nitrogens with zero attached hydrogens (tertiary/aromatic N) is 1. The number of ether oxygens (including phenoxy) is 1. The quantitative estimate of drug-likeness (QED) is 0.902. The van der Waals surface area contributed by atoms with Gasteiger partial charge in [0, 0.05) is 18.0 Å². The summed E-state index contributed by atoms with van der Waals surface area (Å²) < 4.78 is 41.4. The third kappa shape index (κ3) is 3.87. The molecule has 0 bridgehead atoms. The fourth-order valence-corrected chi connectivity index (χ4v) is 1.50. The van der Waals surface area contributed by atoms with Gasteiger partial charge in [-0.2, -0.15) is 8.78 Å². The summed E-state index contributed by atoms with van der Waals surface area (Å²) >= 11 is 0. The number of aromatic nitrogens is 1. The number of pyridine rings is 1. The van der Waals surface area contributed by atoms with Crippen molar-refractivity contribution in [3.63, 3.8) is 0 Å².